The van der Waals surface area contributed by atoms with Crippen molar-refractivity contribution in [3.63, 3.8) is 0 Å². The van der Waals surface area contributed by atoms with E-state index in [9.17, 15) is 14.0 Å². The quantitative estimate of drug-likeness (QED) is 0.801. The normalized spacial score (nSPS) is 14.4. The number of amides is 1. The SMILES string of the molecule is CC(C)(C)OC(=O)N(CC(=O)OC1CC1)c1cccc(F)c1. The highest BCUT2D eigenvalue weighted by Crippen LogP contribution is 2.24. The van der Waals surface area contributed by atoms with Crippen molar-refractivity contribution in [1.29, 1.82) is 0 Å². The van der Waals surface area contributed by atoms with Gasteiger partial charge in [-0.1, -0.05) is 6.07 Å². The predicted octanol–water partition coefficient (Wildman–Crippen LogP) is 3.27. The summed E-state index contributed by atoms with van der Waals surface area (Å²) >= 11 is 0. The van der Waals surface area contributed by atoms with Crippen molar-refractivity contribution in [2.45, 2.75) is 45.3 Å². The zero-order valence-electron chi connectivity index (χ0n) is 13.0. The molecule has 1 saturated carbocycles. The molecule has 6 heteroatoms. The van der Waals surface area contributed by atoms with Crippen molar-refractivity contribution < 1.29 is 23.5 Å². The van der Waals surface area contributed by atoms with E-state index in [4.69, 9.17) is 9.47 Å². The number of halogens is 1. The molecule has 0 spiro atoms. The fourth-order valence-electron chi connectivity index (χ4n) is 1.76. The molecule has 0 radical (unpaired) electrons. The van der Waals surface area contributed by atoms with Gasteiger partial charge in [0.15, 0.2) is 0 Å². The van der Waals surface area contributed by atoms with Gasteiger partial charge in [0.25, 0.3) is 0 Å². The highest BCUT2D eigenvalue weighted by atomic mass is 19.1. The van der Waals surface area contributed by atoms with E-state index in [0.717, 1.165) is 17.7 Å². The molecule has 0 aliphatic heterocycles. The first-order valence-electron chi connectivity index (χ1n) is 7.20. The molecule has 0 saturated heterocycles. The van der Waals surface area contributed by atoms with E-state index in [-0.39, 0.29) is 18.3 Å². The van der Waals surface area contributed by atoms with Crippen molar-refractivity contribution in [3.8, 4) is 0 Å². The number of hydrogen-bond donors (Lipinski definition) is 0. The average molecular weight is 309 g/mol. The Kier molecular flexibility index (Phi) is 4.68. The molecule has 0 aromatic heterocycles. The van der Waals surface area contributed by atoms with Gasteiger partial charge in [0.05, 0.1) is 5.69 Å². The van der Waals surface area contributed by atoms with Gasteiger partial charge in [-0.2, -0.15) is 0 Å². The summed E-state index contributed by atoms with van der Waals surface area (Å²) in [5, 5.41) is 0. The highest BCUT2D eigenvalue weighted by Gasteiger charge is 2.30. The number of rotatable bonds is 4. The number of carbonyl (C=O) groups is 2. The van der Waals surface area contributed by atoms with Gasteiger partial charge in [0.2, 0.25) is 0 Å². The minimum Gasteiger partial charge on any atom is -0.461 e. The molecule has 2 rings (SSSR count). The molecule has 22 heavy (non-hydrogen) atoms. The summed E-state index contributed by atoms with van der Waals surface area (Å²) < 4.78 is 23.8. The Labute approximate surface area is 129 Å². The van der Waals surface area contributed by atoms with Gasteiger partial charge in [0, 0.05) is 0 Å². The monoisotopic (exact) mass is 309 g/mol. The van der Waals surface area contributed by atoms with Crippen molar-refractivity contribution in [2.24, 2.45) is 0 Å². The first kappa shape index (κ1) is 16.3. The molecular weight excluding hydrogens is 289 g/mol. The van der Waals surface area contributed by atoms with Crippen molar-refractivity contribution in [3.05, 3.63) is 30.1 Å². The van der Waals surface area contributed by atoms with Gasteiger partial charge < -0.3 is 9.47 Å². The molecule has 1 aliphatic carbocycles. The van der Waals surface area contributed by atoms with Gasteiger partial charge >= 0.3 is 12.1 Å². The average Bonchev–Trinajstić information content (AvgIpc) is 3.17. The Morgan fingerprint density at radius 2 is 2.00 bits per heavy atom. The Bertz CT molecular complexity index is 564. The molecule has 0 heterocycles. The highest BCUT2D eigenvalue weighted by molar-refractivity contribution is 5.93. The fraction of sp³-hybridized carbons (Fsp3) is 0.500. The number of anilines is 1. The molecule has 0 unspecified atom stereocenters. The van der Waals surface area contributed by atoms with E-state index in [1.165, 1.54) is 24.3 Å². The van der Waals surface area contributed by atoms with Gasteiger partial charge in [-0.05, 0) is 51.8 Å². The van der Waals surface area contributed by atoms with E-state index in [1.54, 1.807) is 20.8 Å². The van der Waals surface area contributed by atoms with Crippen LogP contribution in [0.25, 0.3) is 0 Å². The Hall–Kier alpha value is -2.11. The molecule has 1 amide bonds. The van der Waals surface area contributed by atoms with Crippen LogP contribution in [0.5, 0.6) is 0 Å². The first-order valence-corrected chi connectivity index (χ1v) is 7.20. The van der Waals surface area contributed by atoms with Crippen LogP contribution in [0.15, 0.2) is 24.3 Å². The van der Waals surface area contributed by atoms with Crippen LogP contribution in [0.4, 0.5) is 14.9 Å². The topological polar surface area (TPSA) is 55.8 Å². The van der Waals surface area contributed by atoms with Crippen LogP contribution in [0.3, 0.4) is 0 Å². The van der Waals surface area contributed by atoms with Crippen molar-refractivity contribution in [1.82, 2.24) is 0 Å². The van der Waals surface area contributed by atoms with Crippen LogP contribution in [-0.4, -0.2) is 30.3 Å². The molecule has 5 nitrogen and oxygen atoms in total. The molecular formula is C16H20FNO4. The fourth-order valence-corrected chi connectivity index (χ4v) is 1.76. The Morgan fingerprint density at radius 3 is 2.55 bits per heavy atom. The van der Waals surface area contributed by atoms with E-state index in [1.807, 2.05) is 0 Å². The number of nitrogens with zero attached hydrogens (tertiary/aromatic N) is 1. The zero-order valence-corrected chi connectivity index (χ0v) is 13.0. The molecule has 0 bridgehead atoms. The lowest BCUT2D eigenvalue weighted by molar-refractivity contribution is -0.143. The predicted molar refractivity (Wildman–Crippen MR) is 79.1 cm³/mol. The summed E-state index contributed by atoms with van der Waals surface area (Å²) in [4.78, 5) is 25.2. The van der Waals surface area contributed by atoms with Crippen LogP contribution >= 0.6 is 0 Å². The molecule has 1 fully saturated rings. The summed E-state index contributed by atoms with van der Waals surface area (Å²) in [5.74, 6) is -1.03. The maximum Gasteiger partial charge on any atom is 0.415 e. The lowest BCUT2D eigenvalue weighted by Gasteiger charge is -2.26. The Balaban J connectivity index is 2.15. The van der Waals surface area contributed by atoms with Crippen LogP contribution < -0.4 is 4.90 Å². The number of carbonyl (C=O) groups excluding carboxylic acids is 2. The van der Waals surface area contributed by atoms with Crippen LogP contribution in [0.2, 0.25) is 0 Å². The second-order valence-electron chi connectivity index (χ2n) is 6.24. The van der Waals surface area contributed by atoms with Gasteiger partial charge in [-0.25, -0.2) is 9.18 Å². The minimum absolute atomic E-state index is 0.0551. The van der Waals surface area contributed by atoms with Crippen LogP contribution in [0.1, 0.15) is 33.6 Å². The van der Waals surface area contributed by atoms with Crippen LogP contribution in [0, 0.1) is 5.82 Å². The molecule has 0 N–H and O–H groups in total. The number of esters is 1. The minimum atomic E-state index is -0.719. The second kappa shape index (κ2) is 6.34. The summed E-state index contributed by atoms with van der Waals surface area (Å²) in [6.45, 7) is 4.85. The third kappa shape index (κ3) is 5.02. The molecule has 1 aliphatic rings. The maximum absolute atomic E-state index is 13.4. The lowest BCUT2D eigenvalue weighted by Crippen LogP contribution is -2.40. The first-order chi connectivity index (χ1) is 10.2. The molecule has 1 aromatic carbocycles. The Morgan fingerprint density at radius 1 is 1.32 bits per heavy atom. The standard InChI is InChI=1S/C16H20FNO4/c1-16(2,3)22-15(20)18(10-14(19)21-13-7-8-13)12-6-4-5-11(17)9-12/h4-6,9,13H,7-8,10H2,1-3H3. The van der Waals surface area contributed by atoms with Gasteiger partial charge in [-0.15, -0.1) is 0 Å². The van der Waals surface area contributed by atoms with E-state index in [2.05, 4.69) is 0 Å². The largest absolute Gasteiger partial charge is 0.461 e. The molecule has 0 atom stereocenters. The molecule has 120 valence electrons. The van der Waals surface area contributed by atoms with Gasteiger partial charge in [0.1, 0.15) is 24.1 Å². The van der Waals surface area contributed by atoms with Crippen molar-refractivity contribution >= 4 is 17.7 Å². The van der Waals surface area contributed by atoms with Crippen molar-refractivity contribution in [2.75, 3.05) is 11.4 Å². The summed E-state index contributed by atoms with van der Waals surface area (Å²) in [6.07, 6.45) is 0.919. The van der Waals surface area contributed by atoms with Crippen LogP contribution in [-0.2, 0) is 14.3 Å². The smallest absolute Gasteiger partial charge is 0.415 e. The lowest BCUT2D eigenvalue weighted by atomic mass is 10.2. The van der Waals surface area contributed by atoms with E-state index < -0.39 is 23.5 Å². The second-order valence-corrected chi connectivity index (χ2v) is 6.24. The van der Waals surface area contributed by atoms with E-state index >= 15 is 0 Å². The third-order valence-electron chi connectivity index (χ3n) is 2.84. The van der Waals surface area contributed by atoms with Gasteiger partial charge in [-0.3, -0.25) is 9.69 Å². The summed E-state index contributed by atoms with van der Waals surface area (Å²) in [5.41, 5.74) is -0.467. The summed E-state index contributed by atoms with van der Waals surface area (Å²) in [7, 11) is 0. The maximum atomic E-state index is 13.4. The molecule has 1 aromatic rings. The third-order valence-corrected chi connectivity index (χ3v) is 2.84. The number of hydrogen-bond acceptors (Lipinski definition) is 4. The number of ether oxygens (including phenoxy) is 2. The van der Waals surface area contributed by atoms with E-state index in [0.29, 0.717) is 0 Å². The number of benzene rings is 1. The zero-order chi connectivity index (χ0) is 16.3. The summed E-state index contributed by atoms with van der Waals surface area (Å²) in [6, 6.07) is 5.44.